The molecule has 1 amide bonds. The van der Waals surface area contributed by atoms with Gasteiger partial charge in [0.05, 0.1) is 11.9 Å². The van der Waals surface area contributed by atoms with Crippen molar-refractivity contribution in [2.75, 3.05) is 36.2 Å². The van der Waals surface area contributed by atoms with E-state index in [0.717, 1.165) is 30.0 Å². The van der Waals surface area contributed by atoms with E-state index in [0.29, 0.717) is 5.69 Å². The summed E-state index contributed by atoms with van der Waals surface area (Å²) in [6.07, 6.45) is 2.73. The average Bonchev–Trinajstić information content (AvgIpc) is 2.54. The number of pyridine rings is 1. The summed E-state index contributed by atoms with van der Waals surface area (Å²) < 4.78 is 0. The lowest BCUT2D eigenvalue weighted by Gasteiger charge is -2.13. The van der Waals surface area contributed by atoms with Crippen LogP contribution in [-0.4, -0.2) is 31.5 Å². The number of benzene rings is 1. The highest BCUT2D eigenvalue weighted by Gasteiger charge is 2.07. The van der Waals surface area contributed by atoms with E-state index < -0.39 is 0 Å². The van der Waals surface area contributed by atoms with E-state index in [-0.39, 0.29) is 5.91 Å². The molecule has 0 aliphatic heterocycles. The van der Waals surface area contributed by atoms with Crippen molar-refractivity contribution >= 4 is 23.0 Å². The van der Waals surface area contributed by atoms with E-state index in [9.17, 15) is 4.79 Å². The van der Waals surface area contributed by atoms with E-state index in [1.165, 1.54) is 0 Å². The second-order valence-corrected chi connectivity index (χ2v) is 5.25. The summed E-state index contributed by atoms with van der Waals surface area (Å²) in [6.45, 7) is 3.00. The maximum absolute atomic E-state index is 12.2. The maximum atomic E-state index is 12.2. The third-order valence-electron chi connectivity index (χ3n) is 3.22. The van der Waals surface area contributed by atoms with Gasteiger partial charge >= 0.3 is 0 Å². The normalized spacial score (nSPS) is 10.1. The molecule has 0 unspecified atom stereocenters. The molecule has 0 atom stereocenters. The van der Waals surface area contributed by atoms with Gasteiger partial charge in [0.15, 0.2) is 0 Å². The number of nitrogens with one attached hydrogen (secondary N) is 2. The number of hydrogen-bond donors (Lipinski definition) is 2. The molecule has 0 saturated carbocycles. The minimum Gasteiger partial charge on any atom is -0.384 e. The van der Waals surface area contributed by atoms with Gasteiger partial charge in [0.25, 0.3) is 5.91 Å². The van der Waals surface area contributed by atoms with Crippen LogP contribution < -0.4 is 15.5 Å². The third-order valence-corrected chi connectivity index (χ3v) is 3.22. The molecule has 1 aromatic heterocycles. The van der Waals surface area contributed by atoms with E-state index in [2.05, 4.69) is 22.5 Å². The zero-order valence-corrected chi connectivity index (χ0v) is 13.3. The van der Waals surface area contributed by atoms with E-state index in [4.69, 9.17) is 0 Å². The second-order valence-electron chi connectivity index (χ2n) is 5.25. The predicted molar refractivity (Wildman–Crippen MR) is 91.7 cm³/mol. The topological polar surface area (TPSA) is 57.3 Å². The van der Waals surface area contributed by atoms with Crippen LogP contribution in [0.4, 0.5) is 17.1 Å². The quantitative estimate of drug-likeness (QED) is 0.859. The number of rotatable bonds is 6. The molecule has 0 radical (unpaired) electrons. The van der Waals surface area contributed by atoms with Crippen LogP contribution in [0.15, 0.2) is 42.6 Å². The van der Waals surface area contributed by atoms with Crippen LogP contribution >= 0.6 is 0 Å². The SMILES string of the molecule is CCCNc1ccc(C(=O)Nc2ccc(N(C)C)cc2)nc1. The van der Waals surface area contributed by atoms with Crippen LogP contribution in [0.1, 0.15) is 23.8 Å². The van der Waals surface area contributed by atoms with Gasteiger partial charge in [-0.05, 0) is 42.8 Å². The van der Waals surface area contributed by atoms with Crippen LogP contribution in [0.3, 0.4) is 0 Å². The zero-order valence-electron chi connectivity index (χ0n) is 13.3. The summed E-state index contributed by atoms with van der Waals surface area (Å²) in [5.41, 5.74) is 3.17. The third kappa shape index (κ3) is 4.22. The van der Waals surface area contributed by atoms with Crippen LogP contribution in [0.25, 0.3) is 0 Å². The predicted octanol–water partition coefficient (Wildman–Crippen LogP) is 3.22. The molecule has 5 heteroatoms. The van der Waals surface area contributed by atoms with Crippen molar-refractivity contribution in [1.82, 2.24) is 4.98 Å². The molecule has 2 rings (SSSR count). The smallest absolute Gasteiger partial charge is 0.274 e. The number of nitrogens with zero attached hydrogens (tertiary/aromatic N) is 2. The van der Waals surface area contributed by atoms with E-state index >= 15 is 0 Å². The summed E-state index contributed by atoms with van der Waals surface area (Å²) in [4.78, 5) is 18.4. The maximum Gasteiger partial charge on any atom is 0.274 e. The molecule has 0 saturated heterocycles. The second kappa shape index (κ2) is 7.45. The van der Waals surface area contributed by atoms with Gasteiger partial charge < -0.3 is 15.5 Å². The molecular weight excluding hydrogens is 276 g/mol. The number of carbonyl (C=O) groups excluding carboxylic acids is 1. The monoisotopic (exact) mass is 298 g/mol. The molecule has 5 nitrogen and oxygen atoms in total. The minimum atomic E-state index is -0.209. The van der Waals surface area contributed by atoms with Crippen molar-refractivity contribution in [1.29, 1.82) is 0 Å². The van der Waals surface area contributed by atoms with Crippen LogP contribution in [0, 0.1) is 0 Å². The Labute approximate surface area is 131 Å². The van der Waals surface area contributed by atoms with Gasteiger partial charge in [0.2, 0.25) is 0 Å². The number of aromatic nitrogens is 1. The van der Waals surface area contributed by atoms with E-state index in [1.54, 1.807) is 12.3 Å². The molecule has 116 valence electrons. The van der Waals surface area contributed by atoms with Crippen molar-refractivity contribution in [3.05, 3.63) is 48.3 Å². The Hall–Kier alpha value is -2.56. The first kappa shape index (κ1) is 15.8. The molecule has 1 aromatic carbocycles. The molecule has 2 aromatic rings. The molecule has 0 fully saturated rings. The highest BCUT2D eigenvalue weighted by atomic mass is 16.1. The molecule has 0 aliphatic carbocycles. The first-order valence-electron chi connectivity index (χ1n) is 7.39. The molecule has 0 spiro atoms. The van der Waals surface area contributed by atoms with Crippen molar-refractivity contribution in [2.24, 2.45) is 0 Å². The summed E-state index contributed by atoms with van der Waals surface area (Å²) in [5.74, 6) is -0.209. The van der Waals surface area contributed by atoms with Crippen molar-refractivity contribution in [2.45, 2.75) is 13.3 Å². The molecule has 22 heavy (non-hydrogen) atoms. The van der Waals surface area contributed by atoms with Gasteiger partial charge in [-0.1, -0.05) is 6.92 Å². The van der Waals surface area contributed by atoms with Crippen LogP contribution in [-0.2, 0) is 0 Å². The number of carbonyl (C=O) groups is 1. The zero-order chi connectivity index (χ0) is 15.9. The number of anilines is 3. The lowest BCUT2D eigenvalue weighted by molar-refractivity contribution is 0.102. The van der Waals surface area contributed by atoms with E-state index in [1.807, 2.05) is 49.3 Å². The Kier molecular flexibility index (Phi) is 5.36. The van der Waals surface area contributed by atoms with Gasteiger partial charge in [-0.2, -0.15) is 0 Å². The molecule has 0 aliphatic rings. The first-order chi connectivity index (χ1) is 10.6. The molecule has 2 N–H and O–H groups in total. The lowest BCUT2D eigenvalue weighted by atomic mass is 10.2. The van der Waals surface area contributed by atoms with Gasteiger partial charge in [-0.15, -0.1) is 0 Å². The molecule has 0 bridgehead atoms. The Morgan fingerprint density at radius 1 is 1.09 bits per heavy atom. The Balaban J connectivity index is 1.99. The Morgan fingerprint density at radius 2 is 1.77 bits per heavy atom. The largest absolute Gasteiger partial charge is 0.384 e. The summed E-state index contributed by atoms with van der Waals surface area (Å²) in [7, 11) is 3.96. The van der Waals surface area contributed by atoms with Gasteiger partial charge in [-0.3, -0.25) is 4.79 Å². The van der Waals surface area contributed by atoms with Crippen LogP contribution in [0.5, 0.6) is 0 Å². The number of hydrogen-bond acceptors (Lipinski definition) is 4. The van der Waals surface area contributed by atoms with Gasteiger partial charge in [0, 0.05) is 32.0 Å². The molecular formula is C17H22N4O. The highest BCUT2D eigenvalue weighted by Crippen LogP contribution is 2.16. The van der Waals surface area contributed by atoms with Crippen molar-refractivity contribution in [3.8, 4) is 0 Å². The first-order valence-corrected chi connectivity index (χ1v) is 7.39. The summed E-state index contributed by atoms with van der Waals surface area (Å²) in [6, 6.07) is 11.3. The van der Waals surface area contributed by atoms with Crippen molar-refractivity contribution in [3.63, 3.8) is 0 Å². The van der Waals surface area contributed by atoms with Gasteiger partial charge in [-0.25, -0.2) is 4.98 Å². The Morgan fingerprint density at radius 3 is 2.32 bits per heavy atom. The Bertz CT molecular complexity index is 606. The standard InChI is InChI=1S/C17H22N4O/c1-4-11-18-14-7-10-16(19-12-14)17(22)20-13-5-8-15(9-6-13)21(2)3/h5-10,12,18H,4,11H2,1-3H3,(H,20,22). The fourth-order valence-corrected chi connectivity index (χ4v) is 1.94. The summed E-state index contributed by atoms with van der Waals surface area (Å²) >= 11 is 0. The summed E-state index contributed by atoms with van der Waals surface area (Å²) in [5, 5.41) is 6.07. The van der Waals surface area contributed by atoms with Gasteiger partial charge in [0.1, 0.15) is 5.69 Å². The fourth-order valence-electron chi connectivity index (χ4n) is 1.94. The highest BCUT2D eigenvalue weighted by molar-refractivity contribution is 6.03. The number of amides is 1. The van der Waals surface area contributed by atoms with Crippen LogP contribution in [0.2, 0.25) is 0 Å². The lowest BCUT2D eigenvalue weighted by Crippen LogP contribution is -2.14. The van der Waals surface area contributed by atoms with Crippen molar-refractivity contribution < 1.29 is 4.79 Å². The molecule has 1 heterocycles. The fraction of sp³-hybridized carbons (Fsp3) is 0.294. The average molecular weight is 298 g/mol. The minimum absolute atomic E-state index is 0.209.